The minimum absolute atomic E-state index is 0.0669. The molecule has 2 fully saturated rings. The number of carbonyl (C=O) groups excluding carboxylic acids is 2. The first kappa shape index (κ1) is 25.7. The number of imide groups is 1. The second-order valence-corrected chi connectivity index (χ2v) is 10.1. The SMILES string of the molecule is COc1ccc2c(OC3CCC(N4C(=O)CN(c5cncc(C(F)(F)F)c5)C4=O)C(C)(C)C3)ncnc2c1. The number of halogens is 3. The van der Waals surface area contributed by atoms with Crippen LogP contribution in [0.1, 0.15) is 38.7 Å². The monoisotopic (exact) mass is 529 g/mol. The van der Waals surface area contributed by atoms with Crippen molar-refractivity contribution in [2.24, 2.45) is 5.41 Å². The van der Waals surface area contributed by atoms with Gasteiger partial charge in [-0.15, -0.1) is 0 Å². The summed E-state index contributed by atoms with van der Waals surface area (Å²) >= 11 is 0. The Kier molecular flexibility index (Phi) is 6.36. The van der Waals surface area contributed by atoms with Gasteiger partial charge in [-0.1, -0.05) is 13.8 Å². The maximum absolute atomic E-state index is 13.3. The van der Waals surface area contributed by atoms with Gasteiger partial charge in [-0.2, -0.15) is 13.2 Å². The molecule has 2 aliphatic rings. The number of anilines is 1. The van der Waals surface area contributed by atoms with E-state index in [1.165, 1.54) is 11.2 Å². The Balaban J connectivity index is 1.32. The van der Waals surface area contributed by atoms with E-state index in [9.17, 15) is 22.8 Å². The van der Waals surface area contributed by atoms with E-state index in [0.717, 1.165) is 22.5 Å². The van der Waals surface area contributed by atoms with Gasteiger partial charge in [0.25, 0.3) is 5.91 Å². The van der Waals surface area contributed by atoms with Crippen LogP contribution in [0.5, 0.6) is 11.6 Å². The predicted molar refractivity (Wildman–Crippen MR) is 131 cm³/mol. The van der Waals surface area contributed by atoms with Crippen molar-refractivity contribution in [2.45, 2.75) is 51.4 Å². The molecule has 9 nitrogen and oxygen atoms in total. The van der Waals surface area contributed by atoms with Crippen molar-refractivity contribution in [3.8, 4) is 11.6 Å². The van der Waals surface area contributed by atoms with Gasteiger partial charge in [0, 0.05) is 18.3 Å². The van der Waals surface area contributed by atoms with E-state index in [2.05, 4.69) is 15.0 Å². The van der Waals surface area contributed by atoms with E-state index in [0.29, 0.717) is 42.6 Å². The van der Waals surface area contributed by atoms with Crippen molar-refractivity contribution in [3.63, 3.8) is 0 Å². The van der Waals surface area contributed by atoms with Crippen LogP contribution < -0.4 is 14.4 Å². The fourth-order valence-corrected chi connectivity index (χ4v) is 5.28. The predicted octanol–water partition coefficient (Wildman–Crippen LogP) is 4.85. The highest BCUT2D eigenvalue weighted by molar-refractivity contribution is 6.12. The van der Waals surface area contributed by atoms with Gasteiger partial charge in [-0.25, -0.2) is 14.8 Å². The molecule has 3 heterocycles. The molecule has 1 saturated heterocycles. The number of aromatic nitrogens is 3. The zero-order valence-corrected chi connectivity index (χ0v) is 21.0. The zero-order valence-electron chi connectivity index (χ0n) is 21.0. The van der Waals surface area contributed by atoms with Crippen molar-refractivity contribution >= 4 is 28.5 Å². The number of methoxy groups -OCH3 is 1. The number of rotatable bonds is 5. The quantitative estimate of drug-likeness (QED) is 0.436. The molecule has 1 aliphatic heterocycles. The van der Waals surface area contributed by atoms with Crippen LogP contribution in [-0.4, -0.2) is 57.6 Å². The maximum atomic E-state index is 13.3. The molecule has 2 aromatic heterocycles. The van der Waals surface area contributed by atoms with Crippen LogP contribution in [0.25, 0.3) is 10.9 Å². The minimum atomic E-state index is -4.61. The minimum Gasteiger partial charge on any atom is -0.497 e. The summed E-state index contributed by atoms with van der Waals surface area (Å²) in [6.45, 7) is 3.56. The lowest BCUT2D eigenvalue weighted by atomic mass is 9.71. The summed E-state index contributed by atoms with van der Waals surface area (Å²) in [6.07, 6.45) is -0.0192. The number of carbonyl (C=O) groups is 2. The Morgan fingerprint density at radius 1 is 1.08 bits per heavy atom. The first-order valence-electron chi connectivity index (χ1n) is 12.1. The second-order valence-electron chi connectivity index (χ2n) is 10.1. The lowest BCUT2D eigenvalue weighted by molar-refractivity contribution is -0.137. The number of ether oxygens (including phenoxy) is 2. The van der Waals surface area contributed by atoms with Gasteiger partial charge in [-0.3, -0.25) is 19.6 Å². The van der Waals surface area contributed by atoms with Gasteiger partial charge in [0.15, 0.2) is 0 Å². The molecule has 0 N–H and O–H groups in total. The number of hydrogen-bond donors (Lipinski definition) is 0. The molecule has 12 heteroatoms. The standard InChI is InChI=1S/C26H26F3N5O4/c1-25(2)10-18(38-23-19-6-4-17(37-3)9-20(19)31-14-32-23)5-7-21(25)34-22(35)13-33(24(34)36)16-8-15(11-30-12-16)26(27,28)29/h4,6,8-9,11-12,14,18,21H,5,7,10,13H2,1-3H3. The normalized spacial score (nSPS) is 21.7. The van der Waals surface area contributed by atoms with E-state index >= 15 is 0 Å². The molecule has 2 atom stereocenters. The molecular formula is C26H26F3N5O4. The maximum Gasteiger partial charge on any atom is 0.417 e. The van der Waals surface area contributed by atoms with Crippen molar-refractivity contribution in [3.05, 3.63) is 48.5 Å². The molecular weight excluding hydrogens is 503 g/mol. The first-order valence-corrected chi connectivity index (χ1v) is 12.1. The molecule has 2 unspecified atom stereocenters. The summed E-state index contributed by atoms with van der Waals surface area (Å²) in [5.74, 6) is 0.646. The number of nitrogens with zero attached hydrogens (tertiary/aromatic N) is 5. The van der Waals surface area contributed by atoms with Crippen LogP contribution in [0, 0.1) is 5.41 Å². The number of alkyl halides is 3. The highest BCUT2D eigenvalue weighted by Crippen LogP contribution is 2.42. The molecule has 1 saturated carbocycles. The Bertz CT molecular complexity index is 1400. The van der Waals surface area contributed by atoms with Crippen LogP contribution in [0.3, 0.4) is 0 Å². The molecule has 3 aromatic rings. The highest BCUT2D eigenvalue weighted by Gasteiger charge is 2.49. The number of hydrogen-bond acceptors (Lipinski definition) is 7. The van der Waals surface area contributed by atoms with Gasteiger partial charge in [0.1, 0.15) is 24.7 Å². The number of urea groups is 1. The van der Waals surface area contributed by atoms with Crippen LogP contribution in [0.2, 0.25) is 0 Å². The molecule has 200 valence electrons. The first-order chi connectivity index (χ1) is 18.0. The summed E-state index contributed by atoms with van der Waals surface area (Å²) in [6, 6.07) is 5.16. The second kappa shape index (κ2) is 9.41. The highest BCUT2D eigenvalue weighted by atomic mass is 19.4. The number of amides is 3. The van der Waals surface area contributed by atoms with Crippen molar-refractivity contribution in [2.75, 3.05) is 18.6 Å². The number of pyridine rings is 1. The number of benzene rings is 1. The van der Waals surface area contributed by atoms with Gasteiger partial charge in [-0.05, 0) is 42.9 Å². The molecule has 0 spiro atoms. The van der Waals surface area contributed by atoms with Gasteiger partial charge >= 0.3 is 12.2 Å². The largest absolute Gasteiger partial charge is 0.497 e. The smallest absolute Gasteiger partial charge is 0.417 e. The zero-order chi connectivity index (χ0) is 27.2. The molecule has 1 aliphatic carbocycles. The van der Waals surface area contributed by atoms with Crippen molar-refractivity contribution < 1.29 is 32.2 Å². The van der Waals surface area contributed by atoms with Crippen LogP contribution in [-0.2, 0) is 11.0 Å². The average molecular weight is 530 g/mol. The molecule has 38 heavy (non-hydrogen) atoms. The third-order valence-corrected chi connectivity index (χ3v) is 7.18. The van der Waals surface area contributed by atoms with Crippen LogP contribution >= 0.6 is 0 Å². The summed E-state index contributed by atoms with van der Waals surface area (Å²) in [5, 5.41) is 0.739. The number of fused-ring (bicyclic) bond motifs is 1. The van der Waals surface area contributed by atoms with E-state index in [1.807, 2.05) is 19.9 Å². The van der Waals surface area contributed by atoms with Crippen LogP contribution in [0.15, 0.2) is 43.0 Å². The van der Waals surface area contributed by atoms with Crippen molar-refractivity contribution in [1.29, 1.82) is 0 Å². The van der Waals surface area contributed by atoms with E-state index in [-0.39, 0.29) is 18.3 Å². The molecule has 3 amide bonds. The summed E-state index contributed by atoms with van der Waals surface area (Å²) in [7, 11) is 1.58. The Hall–Kier alpha value is -3.96. The Morgan fingerprint density at radius 3 is 2.58 bits per heavy atom. The fraction of sp³-hybridized carbons (Fsp3) is 0.423. The van der Waals surface area contributed by atoms with Crippen LogP contribution in [0.4, 0.5) is 23.7 Å². The third kappa shape index (κ3) is 4.70. The Labute approximate surface area is 216 Å². The summed E-state index contributed by atoms with van der Waals surface area (Å²) < 4.78 is 51.0. The fourth-order valence-electron chi connectivity index (χ4n) is 5.28. The topological polar surface area (TPSA) is 97.8 Å². The van der Waals surface area contributed by atoms with Gasteiger partial charge in [0.05, 0.1) is 35.5 Å². The lowest BCUT2D eigenvalue weighted by Gasteiger charge is -2.45. The molecule has 0 bridgehead atoms. The summed E-state index contributed by atoms with van der Waals surface area (Å²) in [5.41, 5.74) is -0.896. The van der Waals surface area contributed by atoms with E-state index < -0.39 is 35.1 Å². The lowest BCUT2D eigenvalue weighted by Crippen LogP contribution is -2.53. The van der Waals surface area contributed by atoms with E-state index in [4.69, 9.17) is 9.47 Å². The third-order valence-electron chi connectivity index (χ3n) is 7.18. The summed E-state index contributed by atoms with van der Waals surface area (Å²) in [4.78, 5) is 40.7. The molecule has 0 radical (unpaired) electrons. The average Bonchev–Trinajstić information content (AvgIpc) is 3.16. The molecule has 5 rings (SSSR count). The van der Waals surface area contributed by atoms with Crippen molar-refractivity contribution in [1.82, 2.24) is 19.9 Å². The van der Waals surface area contributed by atoms with Gasteiger partial charge < -0.3 is 9.47 Å². The van der Waals surface area contributed by atoms with E-state index in [1.54, 1.807) is 19.2 Å². The molecule has 1 aromatic carbocycles. The van der Waals surface area contributed by atoms with Gasteiger partial charge in [0.2, 0.25) is 5.88 Å². The Morgan fingerprint density at radius 2 is 1.87 bits per heavy atom.